The van der Waals surface area contributed by atoms with Crippen molar-refractivity contribution < 1.29 is 27.1 Å². The van der Waals surface area contributed by atoms with Crippen molar-refractivity contribution in [1.29, 1.82) is 0 Å². The molecule has 8 heteroatoms. The first-order valence-electron chi connectivity index (χ1n) is 3.83. The first-order chi connectivity index (χ1) is 7.37. The van der Waals surface area contributed by atoms with Crippen LogP contribution in [0.5, 0.6) is 5.75 Å². The van der Waals surface area contributed by atoms with Crippen LogP contribution in [0.2, 0.25) is 0 Å². The maximum absolute atomic E-state index is 12.3. The van der Waals surface area contributed by atoms with Crippen LogP contribution in [0, 0.1) is 3.70 Å². The van der Waals surface area contributed by atoms with Crippen LogP contribution >= 0.6 is 22.6 Å². The van der Waals surface area contributed by atoms with Gasteiger partial charge < -0.3 is 4.74 Å². The molecule has 16 heavy (non-hydrogen) atoms. The van der Waals surface area contributed by atoms with Crippen LogP contribution in [0.15, 0.2) is 6.07 Å². The molecule has 0 aliphatic rings. The Hall–Kier alpha value is -0.930. The molecule has 0 aliphatic carbocycles. The van der Waals surface area contributed by atoms with Crippen molar-refractivity contribution in [3.8, 4) is 5.75 Å². The van der Waals surface area contributed by atoms with E-state index in [2.05, 4.69) is 9.72 Å². The molecule has 0 radical (unpaired) electrons. The molecule has 1 heterocycles. The predicted octanol–water partition coefficient (Wildman–Crippen LogP) is 2.87. The molecule has 1 aromatic heterocycles. The molecule has 1 rings (SSSR count). The first kappa shape index (κ1) is 13.1. The molecular weight excluding hydrogens is 345 g/mol. The number of carbonyl (C=O) groups excluding carboxylic acids is 1. The van der Waals surface area contributed by atoms with Crippen LogP contribution in [0.25, 0.3) is 0 Å². The van der Waals surface area contributed by atoms with Crippen LogP contribution < -0.4 is 4.74 Å². The van der Waals surface area contributed by atoms with Gasteiger partial charge in [0.05, 0.1) is 11.3 Å². The van der Waals surface area contributed by atoms with Crippen molar-refractivity contribution in [2.24, 2.45) is 0 Å². The molecule has 3 nitrogen and oxygen atoms in total. The zero-order chi connectivity index (χ0) is 12.3. The van der Waals surface area contributed by atoms with E-state index in [0.717, 1.165) is 6.07 Å². The fraction of sp³-hybridized carbons (Fsp3) is 0.250. The molecule has 0 unspecified atom stereocenters. The number of hydrogen-bond donors (Lipinski definition) is 0. The summed E-state index contributed by atoms with van der Waals surface area (Å²) in [4.78, 5) is 14.1. The molecule has 0 aromatic carbocycles. The van der Waals surface area contributed by atoms with Gasteiger partial charge in [-0.2, -0.15) is 0 Å². The molecule has 0 atom stereocenters. The molecule has 0 saturated heterocycles. The Kier molecular flexibility index (Phi) is 4.05. The van der Waals surface area contributed by atoms with Gasteiger partial charge >= 0.3 is 6.36 Å². The third kappa shape index (κ3) is 3.29. The van der Waals surface area contributed by atoms with Gasteiger partial charge in [0.1, 0.15) is 16.1 Å². The summed E-state index contributed by atoms with van der Waals surface area (Å²) < 4.78 is 51.7. The normalized spacial score (nSPS) is 11.3. The molecule has 0 saturated carbocycles. The lowest BCUT2D eigenvalue weighted by Gasteiger charge is -2.12. The summed E-state index contributed by atoms with van der Waals surface area (Å²) in [5, 5.41) is 0. The number of halogens is 5. The minimum Gasteiger partial charge on any atom is -0.405 e. The Labute approximate surface area is 101 Å². The minimum absolute atomic E-state index is 0.0398. The zero-order valence-electron chi connectivity index (χ0n) is 7.52. The predicted molar refractivity (Wildman–Crippen MR) is 53.8 cm³/mol. The fourth-order valence-corrected chi connectivity index (χ4v) is 1.64. The molecule has 0 aliphatic heterocycles. The molecule has 1 aromatic rings. The number of ether oxygens (including phenoxy) is 1. The lowest BCUT2D eigenvalue weighted by Crippen LogP contribution is -2.19. The second kappa shape index (κ2) is 4.93. The van der Waals surface area contributed by atoms with Gasteiger partial charge in [-0.1, -0.05) is 0 Å². The quantitative estimate of drug-likeness (QED) is 0.365. The number of pyridine rings is 1. The second-order valence-electron chi connectivity index (χ2n) is 2.62. The van der Waals surface area contributed by atoms with Crippen LogP contribution in [0.3, 0.4) is 0 Å². The smallest absolute Gasteiger partial charge is 0.405 e. The summed E-state index contributed by atoms with van der Waals surface area (Å²) >= 11 is 1.53. The van der Waals surface area contributed by atoms with E-state index >= 15 is 0 Å². The highest BCUT2D eigenvalue weighted by Crippen LogP contribution is 2.28. The Bertz CT molecular complexity index is 408. The van der Waals surface area contributed by atoms with Gasteiger partial charge in [-0.3, -0.25) is 4.79 Å². The molecule has 0 amide bonds. The number of rotatable bonds is 3. The van der Waals surface area contributed by atoms with Gasteiger partial charge in [0.25, 0.3) is 0 Å². The van der Waals surface area contributed by atoms with E-state index in [1.165, 1.54) is 22.6 Å². The first-order valence-corrected chi connectivity index (χ1v) is 4.91. The summed E-state index contributed by atoms with van der Waals surface area (Å²) in [7, 11) is 0. The molecular formula is C8H4F4INO2. The summed E-state index contributed by atoms with van der Waals surface area (Å²) in [5.74, 6) is -0.741. The fourth-order valence-electron chi connectivity index (χ4n) is 0.934. The van der Waals surface area contributed by atoms with E-state index in [0.29, 0.717) is 0 Å². The molecule has 0 bridgehead atoms. The molecule has 88 valence electrons. The highest BCUT2D eigenvalue weighted by molar-refractivity contribution is 14.1. The number of aldehydes is 1. The van der Waals surface area contributed by atoms with Gasteiger partial charge in [0, 0.05) is 6.07 Å². The van der Waals surface area contributed by atoms with Crippen molar-refractivity contribution in [3.05, 3.63) is 21.0 Å². The van der Waals surface area contributed by atoms with Gasteiger partial charge in [-0.15, -0.1) is 13.2 Å². The molecule has 0 N–H and O–H groups in total. The van der Waals surface area contributed by atoms with Crippen molar-refractivity contribution in [1.82, 2.24) is 4.98 Å². The zero-order valence-corrected chi connectivity index (χ0v) is 9.67. The van der Waals surface area contributed by atoms with Gasteiger partial charge in [0.2, 0.25) is 0 Å². The van der Waals surface area contributed by atoms with Crippen LogP contribution in [-0.4, -0.2) is 17.6 Å². The van der Waals surface area contributed by atoms with Crippen LogP contribution in [0.1, 0.15) is 16.1 Å². The summed E-state index contributed by atoms with van der Waals surface area (Å²) in [6.45, 7) is -1.04. The Morgan fingerprint density at radius 3 is 2.56 bits per heavy atom. The maximum Gasteiger partial charge on any atom is 0.573 e. The van der Waals surface area contributed by atoms with E-state index in [-0.39, 0.29) is 21.2 Å². The standard InChI is InChI=1S/C8H4F4INO2/c9-2-4-1-6(16-8(10,11)12)5(3-15)7(13)14-4/h1,3H,2H2. The third-order valence-electron chi connectivity index (χ3n) is 1.51. The van der Waals surface area contributed by atoms with Gasteiger partial charge in [-0.25, -0.2) is 9.37 Å². The summed E-state index contributed by atoms with van der Waals surface area (Å²) in [6, 6.07) is 0.749. The molecule has 0 fully saturated rings. The topological polar surface area (TPSA) is 39.2 Å². The lowest BCUT2D eigenvalue weighted by molar-refractivity contribution is -0.274. The van der Waals surface area contributed by atoms with E-state index in [4.69, 9.17) is 0 Å². The van der Waals surface area contributed by atoms with E-state index in [9.17, 15) is 22.4 Å². The Morgan fingerprint density at radius 2 is 2.12 bits per heavy atom. The summed E-state index contributed by atoms with van der Waals surface area (Å²) in [6.07, 6.45) is -4.76. The maximum atomic E-state index is 12.3. The minimum atomic E-state index is -4.93. The van der Waals surface area contributed by atoms with Crippen molar-refractivity contribution in [3.63, 3.8) is 0 Å². The summed E-state index contributed by atoms with van der Waals surface area (Å²) in [5.41, 5.74) is -0.579. The monoisotopic (exact) mass is 349 g/mol. The average Bonchev–Trinajstić information content (AvgIpc) is 2.14. The lowest BCUT2D eigenvalue weighted by atomic mass is 10.2. The van der Waals surface area contributed by atoms with Gasteiger partial charge in [0.15, 0.2) is 6.29 Å². The van der Waals surface area contributed by atoms with E-state index in [1.807, 2.05) is 0 Å². The Balaban J connectivity index is 3.23. The van der Waals surface area contributed by atoms with Gasteiger partial charge in [-0.05, 0) is 22.6 Å². The van der Waals surface area contributed by atoms with E-state index in [1.54, 1.807) is 0 Å². The highest BCUT2D eigenvalue weighted by atomic mass is 127. The number of carbonyl (C=O) groups is 1. The highest BCUT2D eigenvalue weighted by Gasteiger charge is 2.33. The largest absolute Gasteiger partial charge is 0.573 e. The number of nitrogens with zero attached hydrogens (tertiary/aromatic N) is 1. The second-order valence-corrected chi connectivity index (χ2v) is 3.64. The average molecular weight is 349 g/mol. The Morgan fingerprint density at radius 1 is 1.50 bits per heavy atom. The van der Waals surface area contributed by atoms with Crippen molar-refractivity contribution in [2.45, 2.75) is 13.0 Å². The van der Waals surface area contributed by atoms with Crippen LogP contribution in [0.4, 0.5) is 17.6 Å². The van der Waals surface area contributed by atoms with Crippen molar-refractivity contribution >= 4 is 28.9 Å². The number of aromatic nitrogens is 1. The third-order valence-corrected chi connectivity index (χ3v) is 2.33. The number of hydrogen-bond acceptors (Lipinski definition) is 3. The molecule has 0 spiro atoms. The SMILES string of the molecule is O=Cc1c(OC(F)(F)F)cc(CF)nc1I. The number of alkyl halides is 4. The van der Waals surface area contributed by atoms with Crippen molar-refractivity contribution in [2.75, 3.05) is 0 Å². The van der Waals surface area contributed by atoms with E-state index < -0.39 is 18.8 Å². The van der Waals surface area contributed by atoms with Crippen LogP contribution in [-0.2, 0) is 6.67 Å².